The molecule has 1 unspecified atom stereocenters. The zero-order chi connectivity index (χ0) is 11.4. The van der Waals surface area contributed by atoms with Crippen molar-refractivity contribution < 1.29 is 14.6 Å². The minimum absolute atomic E-state index is 0.386. The number of aliphatic carboxylic acids is 1. The molecule has 1 aromatic rings. The van der Waals surface area contributed by atoms with Crippen LogP contribution < -0.4 is 0 Å². The second-order valence-corrected chi connectivity index (χ2v) is 4.25. The highest BCUT2D eigenvalue weighted by Crippen LogP contribution is 2.18. The smallest absolute Gasteiger partial charge is 0.333 e. The van der Waals surface area contributed by atoms with E-state index in [0.29, 0.717) is 6.42 Å². The lowest BCUT2D eigenvalue weighted by atomic mass is 10.0. The lowest BCUT2D eigenvalue weighted by molar-refractivity contribution is -0.148. The number of methoxy groups -OCH3 is 1. The van der Waals surface area contributed by atoms with Gasteiger partial charge in [-0.3, -0.25) is 0 Å². The van der Waals surface area contributed by atoms with Gasteiger partial charge >= 0.3 is 5.97 Å². The van der Waals surface area contributed by atoms with Gasteiger partial charge in [-0.1, -0.05) is 22.0 Å². The first-order valence-corrected chi connectivity index (χ1v) is 5.34. The van der Waals surface area contributed by atoms with E-state index in [1.807, 2.05) is 25.1 Å². The van der Waals surface area contributed by atoms with Crippen molar-refractivity contribution in [3.63, 3.8) is 0 Å². The molecule has 0 saturated heterocycles. The van der Waals surface area contributed by atoms with E-state index in [1.165, 1.54) is 7.11 Å². The summed E-state index contributed by atoms with van der Waals surface area (Å²) in [6.07, 6.45) is -0.394. The Balaban J connectivity index is 2.87. The van der Waals surface area contributed by atoms with Crippen molar-refractivity contribution in [2.45, 2.75) is 19.4 Å². The van der Waals surface area contributed by atoms with Gasteiger partial charge in [0.2, 0.25) is 0 Å². The van der Waals surface area contributed by atoms with Crippen LogP contribution in [0.1, 0.15) is 11.1 Å². The molecule has 0 amide bonds. The van der Waals surface area contributed by atoms with Crippen LogP contribution in [0.5, 0.6) is 0 Å². The number of ether oxygens (including phenoxy) is 1. The summed E-state index contributed by atoms with van der Waals surface area (Å²) in [5.74, 6) is -0.933. The first kappa shape index (κ1) is 12.2. The van der Waals surface area contributed by atoms with E-state index >= 15 is 0 Å². The average Bonchev–Trinajstić information content (AvgIpc) is 2.18. The molecule has 0 spiro atoms. The van der Waals surface area contributed by atoms with Gasteiger partial charge in [0.1, 0.15) is 0 Å². The highest BCUT2D eigenvalue weighted by molar-refractivity contribution is 9.10. The SMILES string of the molecule is COC(Cc1cc(Br)ccc1C)C(=O)O. The molecule has 1 N–H and O–H groups in total. The van der Waals surface area contributed by atoms with Crippen molar-refractivity contribution in [3.05, 3.63) is 33.8 Å². The zero-order valence-electron chi connectivity index (χ0n) is 8.66. The number of hydrogen-bond acceptors (Lipinski definition) is 2. The van der Waals surface area contributed by atoms with Crippen molar-refractivity contribution >= 4 is 21.9 Å². The molecule has 1 atom stereocenters. The molecule has 1 aromatic carbocycles. The Bertz CT molecular complexity index is 363. The normalized spacial score (nSPS) is 12.5. The molecule has 0 radical (unpaired) electrons. The van der Waals surface area contributed by atoms with Gasteiger partial charge < -0.3 is 9.84 Å². The van der Waals surface area contributed by atoms with Crippen LogP contribution in [-0.2, 0) is 16.0 Å². The minimum atomic E-state index is -0.933. The Morgan fingerprint density at radius 1 is 1.60 bits per heavy atom. The molecular weight excluding hydrogens is 260 g/mol. The van der Waals surface area contributed by atoms with Crippen LogP contribution in [0.3, 0.4) is 0 Å². The lowest BCUT2D eigenvalue weighted by Gasteiger charge is -2.12. The Hall–Kier alpha value is -0.870. The summed E-state index contributed by atoms with van der Waals surface area (Å²) in [4.78, 5) is 10.8. The molecule has 0 heterocycles. The van der Waals surface area contributed by atoms with Crippen molar-refractivity contribution in [2.24, 2.45) is 0 Å². The van der Waals surface area contributed by atoms with E-state index in [1.54, 1.807) is 0 Å². The van der Waals surface area contributed by atoms with E-state index in [4.69, 9.17) is 9.84 Å². The number of aryl methyl sites for hydroxylation is 1. The third-order valence-corrected chi connectivity index (χ3v) is 2.77. The van der Waals surface area contributed by atoms with E-state index in [-0.39, 0.29) is 0 Å². The molecule has 0 aliphatic heterocycles. The molecule has 1 rings (SSSR count). The van der Waals surface area contributed by atoms with Gasteiger partial charge in [0, 0.05) is 18.0 Å². The van der Waals surface area contributed by atoms with Gasteiger partial charge in [-0.25, -0.2) is 4.79 Å². The van der Waals surface area contributed by atoms with Crippen LogP contribution in [0.25, 0.3) is 0 Å². The summed E-state index contributed by atoms with van der Waals surface area (Å²) in [5, 5.41) is 8.86. The number of halogens is 1. The molecule has 82 valence electrons. The highest BCUT2D eigenvalue weighted by Gasteiger charge is 2.17. The third-order valence-electron chi connectivity index (χ3n) is 2.28. The van der Waals surface area contributed by atoms with Crippen molar-refractivity contribution in [3.8, 4) is 0 Å². The van der Waals surface area contributed by atoms with Crippen LogP contribution in [-0.4, -0.2) is 24.3 Å². The van der Waals surface area contributed by atoms with Crippen molar-refractivity contribution in [1.82, 2.24) is 0 Å². The maximum Gasteiger partial charge on any atom is 0.333 e. The zero-order valence-corrected chi connectivity index (χ0v) is 10.2. The average molecular weight is 273 g/mol. The van der Waals surface area contributed by atoms with Crippen LogP contribution in [0.15, 0.2) is 22.7 Å². The molecule has 3 nitrogen and oxygen atoms in total. The quantitative estimate of drug-likeness (QED) is 0.916. The number of carbonyl (C=O) groups is 1. The Kier molecular flexibility index (Phi) is 4.29. The first-order valence-electron chi connectivity index (χ1n) is 4.55. The molecule has 4 heteroatoms. The van der Waals surface area contributed by atoms with Gasteiger partial charge in [0.05, 0.1) is 0 Å². The predicted octanol–water partition coefficient (Wildman–Crippen LogP) is 2.40. The van der Waals surface area contributed by atoms with Gasteiger partial charge in [-0.15, -0.1) is 0 Å². The van der Waals surface area contributed by atoms with Gasteiger partial charge in [0.15, 0.2) is 6.10 Å². The molecule has 15 heavy (non-hydrogen) atoms. The maximum absolute atomic E-state index is 10.8. The van der Waals surface area contributed by atoms with E-state index in [0.717, 1.165) is 15.6 Å². The Morgan fingerprint density at radius 2 is 2.27 bits per heavy atom. The maximum atomic E-state index is 10.8. The first-order chi connectivity index (χ1) is 7.04. The van der Waals surface area contributed by atoms with Gasteiger partial charge in [-0.05, 0) is 30.2 Å². The van der Waals surface area contributed by atoms with Crippen LogP contribution in [0.2, 0.25) is 0 Å². The Morgan fingerprint density at radius 3 is 2.80 bits per heavy atom. The number of benzene rings is 1. The standard InChI is InChI=1S/C11H13BrO3/c1-7-3-4-9(12)5-8(7)6-10(15-2)11(13)14/h3-5,10H,6H2,1-2H3,(H,13,14). The third kappa shape index (κ3) is 3.32. The molecule has 0 saturated carbocycles. The second kappa shape index (κ2) is 5.28. The summed E-state index contributed by atoms with van der Waals surface area (Å²) < 4.78 is 5.84. The fraction of sp³-hybridized carbons (Fsp3) is 0.364. The van der Waals surface area contributed by atoms with Crippen molar-refractivity contribution in [2.75, 3.05) is 7.11 Å². The molecule has 0 bridgehead atoms. The summed E-state index contributed by atoms with van der Waals surface area (Å²) in [7, 11) is 1.41. The number of carboxylic acid groups (broad SMARTS) is 1. The van der Waals surface area contributed by atoms with Crippen LogP contribution in [0, 0.1) is 6.92 Å². The monoisotopic (exact) mass is 272 g/mol. The molecular formula is C11H13BrO3. The van der Waals surface area contributed by atoms with E-state index in [9.17, 15) is 4.79 Å². The largest absolute Gasteiger partial charge is 0.479 e. The molecule has 0 aliphatic carbocycles. The number of rotatable bonds is 4. The van der Waals surface area contributed by atoms with E-state index in [2.05, 4.69) is 15.9 Å². The van der Waals surface area contributed by atoms with Gasteiger partial charge in [-0.2, -0.15) is 0 Å². The fourth-order valence-electron chi connectivity index (χ4n) is 1.33. The predicted molar refractivity (Wildman–Crippen MR) is 61.0 cm³/mol. The summed E-state index contributed by atoms with van der Waals surface area (Å²) in [5.41, 5.74) is 2.06. The second-order valence-electron chi connectivity index (χ2n) is 3.34. The lowest BCUT2D eigenvalue weighted by Crippen LogP contribution is -2.25. The topological polar surface area (TPSA) is 46.5 Å². The summed E-state index contributed by atoms with van der Waals surface area (Å²) >= 11 is 3.36. The van der Waals surface area contributed by atoms with Crippen molar-refractivity contribution in [1.29, 1.82) is 0 Å². The summed E-state index contributed by atoms with van der Waals surface area (Å²) in [6.45, 7) is 1.95. The summed E-state index contributed by atoms with van der Waals surface area (Å²) in [6, 6.07) is 5.81. The van der Waals surface area contributed by atoms with Gasteiger partial charge in [0.25, 0.3) is 0 Å². The fourth-order valence-corrected chi connectivity index (χ4v) is 1.74. The van der Waals surface area contributed by atoms with E-state index < -0.39 is 12.1 Å². The Labute approximate surface area is 97.2 Å². The minimum Gasteiger partial charge on any atom is -0.479 e. The number of hydrogen-bond donors (Lipinski definition) is 1. The van der Waals surface area contributed by atoms with Crippen LogP contribution >= 0.6 is 15.9 Å². The number of carboxylic acids is 1. The molecule has 0 fully saturated rings. The molecule has 0 aliphatic rings. The van der Waals surface area contributed by atoms with Crippen LogP contribution in [0.4, 0.5) is 0 Å². The molecule has 0 aromatic heterocycles. The highest BCUT2D eigenvalue weighted by atomic mass is 79.9.